The molecule has 0 rings (SSSR count). The van der Waals surface area contributed by atoms with Gasteiger partial charge < -0.3 is 26.2 Å². The van der Waals surface area contributed by atoms with E-state index in [-0.39, 0.29) is 26.2 Å². The average molecular weight is 817 g/mol. The zero-order valence-corrected chi connectivity index (χ0v) is 37.7. The highest BCUT2D eigenvalue weighted by atomic mass is 31.2. The lowest BCUT2D eigenvalue weighted by Gasteiger charge is -2.25. The number of phosphoric ester groups is 1. The van der Waals surface area contributed by atoms with E-state index in [1.807, 2.05) is 0 Å². The van der Waals surface area contributed by atoms with Crippen molar-refractivity contribution in [3.05, 3.63) is 12.2 Å². The second-order valence-electron chi connectivity index (χ2n) is 16.5. The van der Waals surface area contributed by atoms with Crippen LogP contribution in [0.3, 0.4) is 0 Å². The summed E-state index contributed by atoms with van der Waals surface area (Å²) >= 11 is 0. The van der Waals surface area contributed by atoms with Crippen LogP contribution >= 0.6 is 7.82 Å². The fourth-order valence-electron chi connectivity index (χ4n) is 7.29. The van der Waals surface area contributed by atoms with Crippen LogP contribution in [0.25, 0.3) is 0 Å². The number of carbonyl (C=O) groups is 1. The van der Waals surface area contributed by atoms with Gasteiger partial charge in [-0.15, -0.1) is 0 Å². The molecule has 4 atom stereocenters. The van der Waals surface area contributed by atoms with Crippen LogP contribution in [0.1, 0.15) is 239 Å². The van der Waals surface area contributed by atoms with Crippen LogP contribution in [0.5, 0.6) is 0 Å². The molecule has 0 spiro atoms. The average Bonchev–Trinajstić information content (AvgIpc) is 3.17. The van der Waals surface area contributed by atoms with Gasteiger partial charge in [-0.25, -0.2) is 4.57 Å². The zero-order chi connectivity index (χ0) is 41.2. The number of phosphoric acid groups is 1. The highest BCUT2D eigenvalue weighted by Crippen LogP contribution is 2.43. The summed E-state index contributed by atoms with van der Waals surface area (Å²) in [5.74, 6) is -0.415. The van der Waals surface area contributed by atoms with E-state index in [1.165, 1.54) is 161 Å². The molecule has 9 nitrogen and oxygen atoms in total. The molecular weight excluding hydrogens is 723 g/mol. The van der Waals surface area contributed by atoms with Crippen molar-refractivity contribution in [2.24, 2.45) is 5.73 Å². The predicted molar refractivity (Wildman–Crippen MR) is 237 cm³/mol. The molecule has 1 amide bonds. The maximum absolute atomic E-state index is 12.9. The van der Waals surface area contributed by atoms with Crippen LogP contribution in [-0.4, -0.2) is 59.0 Å². The number of rotatable bonds is 45. The normalized spacial score (nSPS) is 14.6. The summed E-state index contributed by atoms with van der Waals surface area (Å²) < 4.78 is 22.2. The summed E-state index contributed by atoms with van der Waals surface area (Å²) in [5, 5.41) is 24.3. The van der Waals surface area contributed by atoms with E-state index in [1.54, 1.807) is 0 Å². The Morgan fingerprint density at radius 2 is 0.964 bits per heavy atom. The molecule has 0 heterocycles. The molecule has 0 radical (unpaired) electrons. The standard InChI is InChI=1S/C46H93N2O7P/c1-3-5-7-9-11-13-15-17-19-21-23-25-27-29-31-33-35-37-43(49)41-46(51)48-44(42-55-56(52,53)54-40-39-47)45(50)38-36-34-32-30-28-26-24-22-20-18-16-14-12-10-8-6-4-2/h21,23,43-45,49-50H,3-20,22,24-42,47H2,1-2H3,(H,48,51)(H,52,53)/b23-21-. The Balaban J connectivity index is 4.21. The van der Waals surface area contributed by atoms with Gasteiger partial charge in [-0.1, -0.05) is 206 Å². The Morgan fingerprint density at radius 3 is 1.38 bits per heavy atom. The van der Waals surface area contributed by atoms with Crippen molar-refractivity contribution in [1.82, 2.24) is 5.32 Å². The first-order valence-corrected chi connectivity index (χ1v) is 25.4. The van der Waals surface area contributed by atoms with E-state index in [0.29, 0.717) is 12.8 Å². The van der Waals surface area contributed by atoms with Crippen LogP contribution < -0.4 is 11.1 Å². The SMILES string of the molecule is CCCCCCCCCC/C=C\CCCCCCCC(O)CC(=O)NC(COP(=O)(O)OCCN)C(O)CCCCCCCCCCCCCCCCCCC. The fraction of sp³-hybridized carbons (Fsp3) is 0.935. The van der Waals surface area contributed by atoms with Gasteiger partial charge >= 0.3 is 7.82 Å². The number of aliphatic hydroxyl groups is 2. The first-order chi connectivity index (χ1) is 27.3. The van der Waals surface area contributed by atoms with Gasteiger partial charge in [-0.2, -0.15) is 0 Å². The summed E-state index contributed by atoms with van der Waals surface area (Å²) in [7, 11) is -4.38. The molecule has 0 aliphatic heterocycles. The van der Waals surface area contributed by atoms with Crippen LogP contribution in [0, 0.1) is 0 Å². The molecule has 0 saturated heterocycles. The van der Waals surface area contributed by atoms with E-state index >= 15 is 0 Å². The third kappa shape index (κ3) is 40.0. The molecule has 0 fully saturated rings. The summed E-state index contributed by atoms with van der Waals surface area (Å²) in [5.41, 5.74) is 5.38. The number of hydrogen-bond donors (Lipinski definition) is 5. The van der Waals surface area contributed by atoms with Gasteiger partial charge in [-0.3, -0.25) is 13.8 Å². The van der Waals surface area contributed by atoms with E-state index in [4.69, 9.17) is 14.8 Å². The van der Waals surface area contributed by atoms with Gasteiger partial charge in [0.1, 0.15) is 0 Å². The first-order valence-electron chi connectivity index (χ1n) is 23.9. The summed E-state index contributed by atoms with van der Waals surface area (Å²) in [6, 6.07) is -0.896. The minimum atomic E-state index is -4.38. The summed E-state index contributed by atoms with van der Waals surface area (Å²) in [6.07, 6.45) is 43.9. The van der Waals surface area contributed by atoms with Crippen molar-refractivity contribution in [3.8, 4) is 0 Å². The van der Waals surface area contributed by atoms with Crippen LogP contribution in [0.15, 0.2) is 12.2 Å². The van der Waals surface area contributed by atoms with Crippen molar-refractivity contribution in [1.29, 1.82) is 0 Å². The Labute approximate surface area is 346 Å². The maximum Gasteiger partial charge on any atom is 0.472 e. The molecule has 6 N–H and O–H groups in total. The molecule has 0 aromatic rings. The lowest BCUT2D eigenvalue weighted by Crippen LogP contribution is -2.47. The van der Waals surface area contributed by atoms with E-state index in [2.05, 4.69) is 31.3 Å². The molecule has 56 heavy (non-hydrogen) atoms. The minimum Gasteiger partial charge on any atom is -0.393 e. The Kier molecular flexibility index (Phi) is 41.7. The Morgan fingerprint density at radius 1 is 0.589 bits per heavy atom. The molecule has 0 aliphatic rings. The predicted octanol–water partition coefficient (Wildman–Crippen LogP) is 12.5. The quantitative estimate of drug-likeness (QED) is 0.0231. The molecule has 0 aromatic carbocycles. The monoisotopic (exact) mass is 817 g/mol. The number of unbranched alkanes of at least 4 members (excludes halogenated alkanes) is 29. The number of nitrogens with one attached hydrogen (secondary N) is 1. The van der Waals surface area contributed by atoms with Gasteiger partial charge in [0.05, 0.1) is 37.9 Å². The van der Waals surface area contributed by atoms with E-state index in [9.17, 15) is 24.5 Å². The number of aliphatic hydroxyl groups excluding tert-OH is 2. The highest BCUT2D eigenvalue weighted by molar-refractivity contribution is 7.47. The Hall–Kier alpha value is -0.800. The van der Waals surface area contributed by atoms with Gasteiger partial charge in [-0.05, 0) is 38.5 Å². The molecular formula is C46H93N2O7P. The summed E-state index contributed by atoms with van der Waals surface area (Å²) in [6.45, 7) is 4.07. The number of allylic oxidation sites excluding steroid dienone is 2. The van der Waals surface area contributed by atoms with Gasteiger partial charge in [0, 0.05) is 6.54 Å². The van der Waals surface area contributed by atoms with Crippen molar-refractivity contribution in [3.63, 3.8) is 0 Å². The van der Waals surface area contributed by atoms with Crippen LogP contribution in [-0.2, 0) is 18.4 Å². The third-order valence-corrected chi connectivity index (χ3v) is 11.9. The van der Waals surface area contributed by atoms with Crippen LogP contribution in [0.2, 0.25) is 0 Å². The molecule has 334 valence electrons. The van der Waals surface area contributed by atoms with Gasteiger partial charge in [0.25, 0.3) is 0 Å². The first kappa shape index (κ1) is 55.2. The maximum atomic E-state index is 12.9. The van der Waals surface area contributed by atoms with Crippen molar-refractivity contribution >= 4 is 13.7 Å². The molecule has 0 aromatic heterocycles. The van der Waals surface area contributed by atoms with Crippen LogP contribution in [0.4, 0.5) is 0 Å². The largest absolute Gasteiger partial charge is 0.472 e. The highest BCUT2D eigenvalue weighted by Gasteiger charge is 2.28. The van der Waals surface area contributed by atoms with Crippen molar-refractivity contribution in [2.75, 3.05) is 19.8 Å². The fourth-order valence-corrected chi connectivity index (χ4v) is 8.05. The molecule has 4 unspecified atom stereocenters. The Bertz CT molecular complexity index is 909. The van der Waals surface area contributed by atoms with Crippen molar-refractivity contribution < 1.29 is 33.5 Å². The molecule has 10 heteroatoms. The van der Waals surface area contributed by atoms with Gasteiger partial charge in [0.2, 0.25) is 5.91 Å². The van der Waals surface area contributed by atoms with E-state index in [0.717, 1.165) is 44.9 Å². The number of carbonyl (C=O) groups excluding carboxylic acids is 1. The second kappa shape index (κ2) is 42.3. The lowest BCUT2D eigenvalue weighted by atomic mass is 10.0. The topological polar surface area (TPSA) is 151 Å². The smallest absolute Gasteiger partial charge is 0.393 e. The summed E-state index contributed by atoms with van der Waals surface area (Å²) in [4.78, 5) is 22.8. The minimum absolute atomic E-state index is 0.0602. The molecule has 0 aliphatic carbocycles. The van der Waals surface area contributed by atoms with Crippen molar-refractivity contribution in [2.45, 2.75) is 257 Å². The molecule has 0 saturated carbocycles. The third-order valence-electron chi connectivity index (χ3n) is 10.9. The zero-order valence-electron chi connectivity index (χ0n) is 36.8. The van der Waals surface area contributed by atoms with E-state index < -0.39 is 32.0 Å². The second-order valence-corrected chi connectivity index (χ2v) is 18.0. The van der Waals surface area contributed by atoms with Gasteiger partial charge in [0.15, 0.2) is 0 Å². The number of amides is 1. The molecule has 0 bridgehead atoms. The number of nitrogens with two attached hydrogens (primary N) is 1. The number of hydrogen-bond acceptors (Lipinski definition) is 7. The lowest BCUT2D eigenvalue weighted by molar-refractivity contribution is -0.125.